The van der Waals surface area contributed by atoms with E-state index in [0.717, 1.165) is 22.3 Å². The first-order chi connectivity index (χ1) is 9.77. The van der Waals surface area contributed by atoms with Crippen LogP contribution in [0.4, 0.5) is 0 Å². The zero-order chi connectivity index (χ0) is 13.9. The standard InChI is InChI=1S/C15H13BrN2OS/c16-13-6-2-1-5-12(13)14(19)18-8-9-20-15(18)11-4-3-7-17-10-11/h1-7,10,15H,8-9H2. The number of halogens is 1. The third-order valence-corrected chi connectivity index (χ3v) is 5.18. The highest BCUT2D eigenvalue weighted by atomic mass is 79.9. The first kappa shape index (κ1) is 13.6. The van der Waals surface area contributed by atoms with Crippen LogP contribution >= 0.6 is 27.7 Å². The third-order valence-electron chi connectivity index (χ3n) is 3.23. The van der Waals surface area contributed by atoms with Gasteiger partial charge < -0.3 is 4.90 Å². The minimum atomic E-state index is 0.0586. The number of pyridine rings is 1. The van der Waals surface area contributed by atoms with Gasteiger partial charge in [-0.05, 0) is 34.1 Å². The minimum absolute atomic E-state index is 0.0586. The summed E-state index contributed by atoms with van der Waals surface area (Å²) in [6.45, 7) is 0.768. The predicted octanol–water partition coefficient (Wildman–Crippen LogP) is 3.73. The van der Waals surface area contributed by atoms with Gasteiger partial charge >= 0.3 is 0 Å². The maximum Gasteiger partial charge on any atom is 0.256 e. The zero-order valence-electron chi connectivity index (χ0n) is 10.7. The molecule has 1 saturated heterocycles. The molecule has 0 bridgehead atoms. The number of hydrogen-bond acceptors (Lipinski definition) is 3. The molecule has 102 valence electrons. The van der Waals surface area contributed by atoms with Crippen LogP contribution in [0.2, 0.25) is 0 Å². The van der Waals surface area contributed by atoms with Gasteiger partial charge in [0.1, 0.15) is 5.37 Å². The lowest BCUT2D eigenvalue weighted by molar-refractivity contribution is 0.0759. The van der Waals surface area contributed by atoms with Crippen molar-refractivity contribution in [3.8, 4) is 0 Å². The number of amides is 1. The van der Waals surface area contributed by atoms with E-state index in [1.165, 1.54) is 0 Å². The van der Waals surface area contributed by atoms with Crippen molar-refractivity contribution in [1.82, 2.24) is 9.88 Å². The van der Waals surface area contributed by atoms with E-state index >= 15 is 0 Å². The van der Waals surface area contributed by atoms with Gasteiger partial charge in [0.2, 0.25) is 0 Å². The van der Waals surface area contributed by atoms with E-state index in [9.17, 15) is 4.79 Å². The van der Waals surface area contributed by atoms with Crippen molar-refractivity contribution < 1.29 is 4.79 Å². The summed E-state index contributed by atoms with van der Waals surface area (Å²) >= 11 is 5.24. The van der Waals surface area contributed by atoms with Crippen LogP contribution in [0.15, 0.2) is 53.3 Å². The van der Waals surface area contributed by atoms with Crippen molar-refractivity contribution in [3.05, 3.63) is 64.4 Å². The van der Waals surface area contributed by atoms with E-state index in [4.69, 9.17) is 0 Å². The SMILES string of the molecule is O=C(c1ccccc1Br)N1CCSC1c1cccnc1. The van der Waals surface area contributed by atoms with Crippen LogP contribution in [-0.4, -0.2) is 28.1 Å². The van der Waals surface area contributed by atoms with E-state index in [-0.39, 0.29) is 11.3 Å². The van der Waals surface area contributed by atoms with E-state index < -0.39 is 0 Å². The molecule has 3 nitrogen and oxygen atoms in total. The number of nitrogens with zero attached hydrogens (tertiary/aromatic N) is 2. The monoisotopic (exact) mass is 348 g/mol. The smallest absolute Gasteiger partial charge is 0.256 e. The average molecular weight is 349 g/mol. The Kier molecular flexibility index (Phi) is 4.08. The Morgan fingerprint density at radius 3 is 2.90 bits per heavy atom. The number of benzene rings is 1. The molecule has 0 N–H and O–H groups in total. The van der Waals surface area contributed by atoms with Gasteiger partial charge in [0.15, 0.2) is 0 Å². The number of carbonyl (C=O) groups is 1. The molecule has 1 aliphatic rings. The van der Waals surface area contributed by atoms with Crippen LogP contribution in [0.1, 0.15) is 21.3 Å². The van der Waals surface area contributed by atoms with Crippen LogP contribution in [-0.2, 0) is 0 Å². The highest BCUT2D eigenvalue weighted by Gasteiger charge is 2.31. The molecular formula is C15H13BrN2OS. The summed E-state index contributed by atoms with van der Waals surface area (Å²) < 4.78 is 0.840. The molecule has 1 unspecified atom stereocenters. The highest BCUT2D eigenvalue weighted by Crippen LogP contribution is 2.38. The molecule has 1 fully saturated rings. The topological polar surface area (TPSA) is 33.2 Å². The third kappa shape index (κ3) is 2.60. The molecule has 1 atom stereocenters. The maximum absolute atomic E-state index is 12.7. The summed E-state index contributed by atoms with van der Waals surface area (Å²) in [4.78, 5) is 18.8. The summed E-state index contributed by atoms with van der Waals surface area (Å²) in [6, 6.07) is 11.5. The van der Waals surface area contributed by atoms with Gasteiger partial charge in [-0.1, -0.05) is 18.2 Å². The summed E-state index contributed by atoms with van der Waals surface area (Å²) in [5, 5.41) is 0.0586. The second-order valence-electron chi connectivity index (χ2n) is 4.49. The second kappa shape index (κ2) is 5.97. The zero-order valence-corrected chi connectivity index (χ0v) is 13.1. The molecule has 2 aromatic rings. The van der Waals surface area contributed by atoms with Crippen LogP contribution < -0.4 is 0 Å². The summed E-state index contributed by atoms with van der Waals surface area (Å²) in [5.41, 5.74) is 1.79. The molecule has 20 heavy (non-hydrogen) atoms. The lowest BCUT2D eigenvalue weighted by Gasteiger charge is -2.24. The van der Waals surface area contributed by atoms with Crippen molar-refractivity contribution in [2.45, 2.75) is 5.37 Å². The average Bonchev–Trinajstić information content (AvgIpc) is 2.97. The number of thioether (sulfide) groups is 1. The Hall–Kier alpha value is -1.33. The van der Waals surface area contributed by atoms with Crippen molar-refractivity contribution in [2.75, 3.05) is 12.3 Å². The van der Waals surface area contributed by atoms with Gasteiger partial charge in [0.25, 0.3) is 5.91 Å². The fraction of sp³-hybridized carbons (Fsp3) is 0.200. The Morgan fingerprint density at radius 2 is 2.15 bits per heavy atom. The Bertz CT molecular complexity index is 620. The molecule has 3 rings (SSSR count). The largest absolute Gasteiger partial charge is 0.322 e. The lowest BCUT2D eigenvalue weighted by atomic mass is 10.2. The van der Waals surface area contributed by atoms with Crippen molar-refractivity contribution in [3.63, 3.8) is 0 Å². The molecular weight excluding hydrogens is 336 g/mol. The fourth-order valence-electron chi connectivity index (χ4n) is 2.27. The first-order valence-corrected chi connectivity index (χ1v) is 8.18. The molecule has 1 aromatic heterocycles. The Labute approximate surface area is 130 Å². The highest BCUT2D eigenvalue weighted by molar-refractivity contribution is 9.10. The van der Waals surface area contributed by atoms with Crippen LogP contribution in [0.5, 0.6) is 0 Å². The van der Waals surface area contributed by atoms with Gasteiger partial charge in [-0.25, -0.2) is 0 Å². The molecule has 5 heteroatoms. The summed E-state index contributed by atoms with van der Waals surface area (Å²) in [7, 11) is 0. The number of hydrogen-bond donors (Lipinski definition) is 0. The molecule has 0 aliphatic carbocycles. The summed E-state index contributed by atoms with van der Waals surface area (Å²) in [5.74, 6) is 1.02. The molecule has 2 heterocycles. The van der Waals surface area contributed by atoms with Gasteiger partial charge in [-0.3, -0.25) is 9.78 Å². The van der Waals surface area contributed by atoms with E-state index in [2.05, 4.69) is 20.9 Å². The van der Waals surface area contributed by atoms with E-state index in [0.29, 0.717) is 5.56 Å². The van der Waals surface area contributed by atoms with E-state index in [1.54, 1.807) is 18.0 Å². The van der Waals surface area contributed by atoms with Crippen LogP contribution in [0.3, 0.4) is 0 Å². The molecule has 0 saturated carbocycles. The van der Waals surface area contributed by atoms with E-state index in [1.807, 2.05) is 47.5 Å². The van der Waals surface area contributed by atoms with Crippen molar-refractivity contribution >= 4 is 33.6 Å². The van der Waals surface area contributed by atoms with Crippen LogP contribution in [0.25, 0.3) is 0 Å². The maximum atomic E-state index is 12.7. The molecule has 1 aromatic carbocycles. The fourth-order valence-corrected chi connectivity index (χ4v) is 3.96. The molecule has 0 spiro atoms. The summed E-state index contributed by atoms with van der Waals surface area (Å²) in [6.07, 6.45) is 3.59. The van der Waals surface area contributed by atoms with Crippen molar-refractivity contribution in [1.29, 1.82) is 0 Å². The minimum Gasteiger partial charge on any atom is -0.322 e. The Morgan fingerprint density at radius 1 is 1.30 bits per heavy atom. The van der Waals surface area contributed by atoms with Gasteiger partial charge in [-0.15, -0.1) is 11.8 Å². The predicted molar refractivity (Wildman–Crippen MR) is 84.6 cm³/mol. The number of aromatic nitrogens is 1. The second-order valence-corrected chi connectivity index (χ2v) is 6.53. The van der Waals surface area contributed by atoms with Crippen LogP contribution in [0, 0.1) is 0 Å². The molecule has 1 aliphatic heterocycles. The number of carbonyl (C=O) groups excluding carboxylic acids is 1. The normalized spacial score (nSPS) is 18.2. The number of rotatable bonds is 2. The molecule has 1 amide bonds. The lowest BCUT2D eigenvalue weighted by Crippen LogP contribution is -2.30. The molecule has 0 radical (unpaired) electrons. The van der Waals surface area contributed by atoms with Gasteiger partial charge in [0.05, 0.1) is 5.56 Å². The van der Waals surface area contributed by atoms with Crippen molar-refractivity contribution in [2.24, 2.45) is 0 Å². The van der Waals surface area contributed by atoms with Gasteiger partial charge in [0, 0.05) is 34.7 Å². The van der Waals surface area contributed by atoms with Gasteiger partial charge in [-0.2, -0.15) is 0 Å². The quantitative estimate of drug-likeness (QED) is 0.828. The first-order valence-electron chi connectivity index (χ1n) is 6.34. The Balaban J connectivity index is 1.90.